The zero-order chi connectivity index (χ0) is 21.8. The minimum absolute atomic E-state index is 0.000983. The van der Waals surface area contributed by atoms with Gasteiger partial charge in [0.15, 0.2) is 5.78 Å². The van der Waals surface area contributed by atoms with Crippen LogP contribution in [-0.4, -0.2) is 55.3 Å². The molecule has 7 nitrogen and oxygen atoms in total. The highest BCUT2D eigenvalue weighted by Crippen LogP contribution is 2.39. The summed E-state index contributed by atoms with van der Waals surface area (Å²) in [5.41, 5.74) is 5.12. The number of carbonyl (C=O) groups is 2. The first-order valence-electron chi connectivity index (χ1n) is 10.7. The van der Waals surface area contributed by atoms with Gasteiger partial charge in [0.1, 0.15) is 0 Å². The van der Waals surface area contributed by atoms with Gasteiger partial charge < -0.3 is 25.8 Å². The summed E-state index contributed by atoms with van der Waals surface area (Å²) in [6.07, 6.45) is 6.75. The number of anilines is 2. The Kier molecular flexibility index (Phi) is 6.23. The molecule has 162 valence electrons. The topological polar surface area (TPSA) is 89.3 Å². The van der Waals surface area contributed by atoms with E-state index in [9.17, 15) is 9.59 Å². The second kappa shape index (κ2) is 9.22. The molecule has 4 N–H and O–H groups in total. The van der Waals surface area contributed by atoms with E-state index in [-0.39, 0.29) is 24.0 Å². The number of aromatic nitrogens is 1. The quantitative estimate of drug-likeness (QED) is 0.554. The lowest BCUT2D eigenvalue weighted by Gasteiger charge is -2.26. The molecule has 2 aliphatic rings. The van der Waals surface area contributed by atoms with Crippen LogP contribution in [0, 0.1) is 5.92 Å². The molecule has 0 bridgehead atoms. The van der Waals surface area contributed by atoms with Crippen molar-refractivity contribution in [2.45, 2.75) is 12.8 Å². The van der Waals surface area contributed by atoms with Crippen LogP contribution in [-0.2, 0) is 11.2 Å². The number of rotatable bonds is 7. The van der Waals surface area contributed by atoms with E-state index in [1.165, 1.54) is 0 Å². The number of amides is 1. The fourth-order valence-electron chi connectivity index (χ4n) is 4.18. The number of allylic oxidation sites excluding steroid dienone is 2. The maximum Gasteiger partial charge on any atom is 0.226 e. The van der Waals surface area contributed by atoms with Gasteiger partial charge in [-0.05, 0) is 37.0 Å². The monoisotopic (exact) mass is 419 g/mol. The maximum atomic E-state index is 13.3. The molecule has 1 aliphatic heterocycles. The van der Waals surface area contributed by atoms with Gasteiger partial charge in [-0.2, -0.15) is 0 Å². The highest BCUT2D eigenvalue weighted by Gasteiger charge is 2.36. The molecule has 1 aliphatic carbocycles. The predicted molar refractivity (Wildman–Crippen MR) is 123 cm³/mol. The number of likely N-dealkylation sites (N-methyl/N-ethyl adjacent to an activating group) is 2. The first kappa shape index (κ1) is 20.9. The number of aromatic amines is 1. The number of nitrogens with zero attached hydrogens (tertiary/aromatic N) is 1. The second-order valence-electron chi connectivity index (χ2n) is 8.01. The molecule has 1 atom stereocenters. The van der Waals surface area contributed by atoms with E-state index in [1.54, 1.807) is 11.9 Å². The van der Waals surface area contributed by atoms with Gasteiger partial charge in [-0.1, -0.05) is 24.3 Å². The van der Waals surface area contributed by atoms with Crippen LogP contribution in [0.5, 0.6) is 0 Å². The number of hydrogen-bond donors (Lipinski definition) is 4. The number of ketones is 1. The molecule has 2 aromatic rings. The number of hydrogen-bond acceptors (Lipinski definition) is 5. The summed E-state index contributed by atoms with van der Waals surface area (Å²) in [6, 6.07) is 9.84. The van der Waals surface area contributed by atoms with E-state index in [0.717, 1.165) is 41.4 Å². The van der Waals surface area contributed by atoms with Gasteiger partial charge in [-0.25, -0.2) is 0 Å². The molecule has 31 heavy (non-hydrogen) atoms. The molecule has 7 heteroatoms. The Labute approximate surface area is 182 Å². The van der Waals surface area contributed by atoms with Crippen molar-refractivity contribution in [2.24, 2.45) is 5.92 Å². The van der Waals surface area contributed by atoms with Crippen molar-refractivity contribution in [1.82, 2.24) is 20.5 Å². The Morgan fingerprint density at radius 2 is 2.03 bits per heavy atom. The van der Waals surface area contributed by atoms with Gasteiger partial charge in [0.05, 0.1) is 22.9 Å². The number of dihydropyridines is 1. The van der Waals surface area contributed by atoms with E-state index in [0.29, 0.717) is 18.5 Å². The lowest BCUT2D eigenvalue weighted by Crippen LogP contribution is -2.40. The highest BCUT2D eigenvalue weighted by molar-refractivity contribution is 6.08. The maximum absolute atomic E-state index is 13.3. The number of carbonyl (C=O) groups excluding carboxylic acids is 2. The fourth-order valence-corrected chi connectivity index (χ4v) is 4.18. The van der Waals surface area contributed by atoms with Crippen LogP contribution < -0.4 is 16.0 Å². The van der Waals surface area contributed by atoms with Crippen LogP contribution in [0.1, 0.15) is 28.2 Å². The SMILES string of the molecule is CNCCN(C)C(=O)C1CC(=O)c2c([nH]c(C3=CCNC=C3)c2Nc2ccccc2)C1. The van der Waals surface area contributed by atoms with Crippen LogP contribution >= 0.6 is 0 Å². The van der Waals surface area contributed by atoms with Crippen molar-refractivity contribution < 1.29 is 9.59 Å². The summed E-state index contributed by atoms with van der Waals surface area (Å²) in [6.45, 7) is 2.07. The third kappa shape index (κ3) is 4.41. The van der Waals surface area contributed by atoms with Gasteiger partial charge in [0.2, 0.25) is 5.91 Å². The normalized spacial score (nSPS) is 17.5. The lowest BCUT2D eigenvalue weighted by atomic mass is 9.85. The van der Waals surface area contributed by atoms with Crippen LogP contribution in [0.25, 0.3) is 5.57 Å². The molecule has 0 saturated heterocycles. The smallest absolute Gasteiger partial charge is 0.226 e. The van der Waals surface area contributed by atoms with Gasteiger partial charge in [-0.3, -0.25) is 9.59 Å². The first-order valence-corrected chi connectivity index (χ1v) is 10.7. The largest absolute Gasteiger partial charge is 0.387 e. The Bertz CT molecular complexity index is 1020. The molecule has 0 radical (unpaired) electrons. The molecule has 4 rings (SSSR count). The summed E-state index contributed by atoms with van der Waals surface area (Å²) in [5.74, 6) is -0.319. The molecule has 0 spiro atoms. The van der Waals surface area contributed by atoms with Crippen molar-refractivity contribution in [3.05, 3.63) is 65.6 Å². The molecule has 0 saturated carbocycles. The second-order valence-corrected chi connectivity index (χ2v) is 8.01. The number of H-pyrrole nitrogens is 1. The van der Waals surface area contributed by atoms with Crippen molar-refractivity contribution in [3.8, 4) is 0 Å². The summed E-state index contributed by atoms with van der Waals surface area (Å²) in [5, 5.41) is 9.67. The number of fused-ring (bicyclic) bond motifs is 1. The minimum atomic E-state index is -0.338. The van der Waals surface area contributed by atoms with Gasteiger partial charge in [-0.15, -0.1) is 0 Å². The van der Waals surface area contributed by atoms with E-state index < -0.39 is 0 Å². The third-order valence-electron chi connectivity index (χ3n) is 5.81. The summed E-state index contributed by atoms with van der Waals surface area (Å²) in [7, 11) is 3.66. The van der Waals surface area contributed by atoms with Crippen molar-refractivity contribution >= 4 is 28.6 Å². The Hall–Kier alpha value is -3.32. The Morgan fingerprint density at radius 1 is 1.23 bits per heavy atom. The van der Waals surface area contributed by atoms with E-state index in [1.807, 2.05) is 49.7 Å². The third-order valence-corrected chi connectivity index (χ3v) is 5.81. The summed E-state index contributed by atoms with van der Waals surface area (Å²) >= 11 is 0. The van der Waals surface area contributed by atoms with Crippen molar-refractivity contribution in [2.75, 3.05) is 39.0 Å². The van der Waals surface area contributed by atoms with Crippen molar-refractivity contribution in [3.63, 3.8) is 0 Å². The number of para-hydroxylation sites is 1. The molecule has 1 amide bonds. The van der Waals surface area contributed by atoms with Gasteiger partial charge >= 0.3 is 0 Å². The Balaban J connectivity index is 1.68. The van der Waals surface area contributed by atoms with E-state index in [2.05, 4.69) is 27.0 Å². The van der Waals surface area contributed by atoms with Crippen LogP contribution in [0.2, 0.25) is 0 Å². The van der Waals surface area contributed by atoms with Crippen LogP contribution in [0.4, 0.5) is 11.4 Å². The molecule has 1 unspecified atom stereocenters. The van der Waals surface area contributed by atoms with Crippen LogP contribution in [0.3, 0.4) is 0 Å². The highest BCUT2D eigenvalue weighted by atomic mass is 16.2. The molecule has 2 heterocycles. The summed E-state index contributed by atoms with van der Waals surface area (Å²) in [4.78, 5) is 31.4. The standard InChI is InChI=1S/C24H29N5O2/c1-25-12-13-29(2)24(31)17-14-19-21(20(30)15-17)23(27-18-6-4-3-5-7-18)22(28-19)16-8-10-26-11-9-16/h3-10,17,25-28H,11-15H2,1-2H3. The lowest BCUT2D eigenvalue weighted by molar-refractivity contribution is -0.134. The average Bonchev–Trinajstić information content (AvgIpc) is 3.17. The summed E-state index contributed by atoms with van der Waals surface area (Å²) < 4.78 is 0. The fraction of sp³-hybridized carbons (Fsp3) is 0.333. The first-order chi connectivity index (χ1) is 15.1. The van der Waals surface area contributed by atoms with Crippen molar-refractivity contribution in [1.29, 1.82) is 0 Å². The van der Waals surface area contributed by atoms with E-state index >= 15 is 0 Å². The van der Waals surface area contributed by atoms with Gasteiger partial charge in [0.25, 0.3) is 0 Å². The number of Topliss-reactive ketones (excluding diaryl/α,β-unsaturated/α-hetero) is 1. The molecular weight excluding hydrogens is 390 g/mol. The minimum Gasteiger partial charge on any atom is -0.387 e. The number of nitrogens with one attached hydrogen (secondary N) is 4. The average molecular weight is 420 g/mol. The van der Waals surface area contributed by atoms with Gasteiger partial charge in [0, 0.05) is 50.9 Å². The molecule has 1 aromatic carbocycles. The molecule has 0 fully saturated rings. The zero-order valence-electron chi connectivity index (χ0n) is 18.0. The molecule has 1 aromatic heterocycles. The molecular formula is C24H29N5O2. The number of benzene rings is 1. The van der Waals surface area contributed by atoms with E-state index in [4.69, 9.17) is 0 Å². The Morgan fingerprint density at radius 3 is 2.74 bits per heavy atom. The van der Waals surface area contributed by atoms with Crippen LogP contribution in [0.15, 0.2) is 48.7 Å². The zero-order valence-corrected chi connectivity index (χ0v) is 18.0. The predicted octanol–water partition coefficient (Wildman–Crippen LogP) is 2.68.